The number of likely N-dealkylation sites (tertiary alicyclic amines) is 1. The van der Waals surface area contributed by atoms with Crippen molar-refractivity contribution in [1.29, 1.82) is 0 Å². The largest absolute Gasteiger partial charge is 0.507 e. The van der Waals surface area contributed by atoms with E-state index in [2.05, 4.69) is 20.8 Å². The fourth-order valence-corrected chi connectivity index (χ4v) is 4.08. The van der Waals surface area contributed by atoms with Gasteiger partial charge in [-0.15, -0.1) is 0 Å². The molecule has 1 aliphatic rings. The first kappa shape index (κ1) is 25.5. The molecule has 1 heterocycles. The highest BCUT2D eigenvalue weighted by atomic mass is 16.5. The Balaban J connectivity index is 1.99. The molecule has 0 radical (unpaired) electrons. The third-order valence-corrected chi connectivity index (χ3v) is 5.96. The van der Waals surface area contributed by atoms with Gasteiger partial charge in [-0.3, -0.25) is 9.59 Å². The fraction of sp³-hybridized carbons (Fsp3) is 0.429. The average molecular weight is 465 g/mol. The maximum absolute atomic E-state index is 13.1. The van der Waals surface area contributed by atoms with E-state index in [4.69, 9.17) is 4.74 Å². The van der Waals surface area contributed by atoms with Gasteiger partial charge in [0.15, 0.2) is 0 Å². The lowest BCUT2D eigenvalue weighted by atomic mass is 9.94. The molecular formula is C28H36N2O4. The minimum Gasteiger partial charge on any atom is -0.507 e. The number of aryl methyl sites for hydroxylation is 1. The summed E-state index contributed by atoms with van der Waals surface area (Å²) in [5.74, 6) is -0.279. The second-order valence-corrected chi connectivity index (χ2v) is 9.47. The first-order chi connectivity index (χ1) is 16.2. The Morgan fingerprint density at radius 3 is 2.26 bits per heavy atom. The fourth-order valence-electron chi connectivity index (χ4n) is 4.08. The monoisotopic (exact) mass is 464 g/mol. The maximum Gasteiger partial charge on any atom is 0.295 e. The Hall–Kier alpha value is -3.12. The van der Waals surface area contributed by atoms with Crippen LogP contribution in [0.15, 0.2) is 54.1 Å². The van der Waals surface area contributed by atoms with Crippen LogP contribution < -0.4 is 4.74 Å². The first-order valence-corrected chi connectivity index (χ1v) is 12.0. The van der Waals surface area contributed by atoms with Gasteiger partial charge in [-0.2, -0.15) is 0 Å². The smallest absolute Gasteiger partial charge is 0.295 e. The zero-order chi connectivity index (χ0) is 24.8. The number of nitrogens with zero attached hydrogens (tertiary/aromatic N) is 2. The van der Waals surface area contributed by atoms with E-state index in [1.54, 1.807) is 29.2 Å². The van der Waals surface area contributed by atoms with Gasteiger partial charge in [0, 0.05) is 12.1 Å². The normalized spacial score (nSPS) is 17.7. The lowest BCUT2D eigenvalue weighted by Gasteiger charge is -2.26. The van der Waals surface area contributed by atoms with E-state index in [-0.39, 0.29) is 11.3 Å². The Morgan fingerprint density at radius 2 is 1.71 bits per heavy atom. The van der Waals surface area contributed by atoms with Gasteiger partial charge >= 0.3 is 0 Å². The van der Waals surface area contributed by atoms with E-state index in [9.17, 15) is 14.7 Å². The van der Waals surface area contributed by atoms with E-state index in [0.29, 0.717) is 30.4 Å². The second-order valence-electron chi connectivity index (χ2n) is 9.47. The van der Waals surface area contributed by atoms with Gasteiger partial charge in [-0.1, -0.05) is 45.0 Å². The number of rotatable bonds is 10. The molecule has 3 rings (SSSR count). The van der Waals surface area contributed by atoms with Crippen LogP contribution in [0.5, 0.6) is 5.75 Å². The molecule has 1 amide bonds. The lowest BCUT2D eigenvalue weighted by molar-refractivity contribution is -0.139. The summed E-state index contributed by atoms with van der Waals surface area (Å²) in [6.45, 7) is 8.05. The van der Waals surface area contributed by atoms with E-state index >= 15 is 0 Å². The number of Topliss-reactive ketones (excluding diaryl/α,β-unsaturated/α-hetero) is 1. The number of carbonyl (C=O) groups excluding carboxylic acids is 2. The molecular weight excluding hydrogens is 428 g/mol. The Labute approximate surface area is 202 Å². The van der Waals surface area contributed by atoms with Crippen LogP contribution in [0.3, 0.4) is 0 Å². The van der Waals surface area contributed by atoms with Gasteiger partial charge in [0.1, 0.15) is 11.5 Å². The molecule has 0 saturated carbocycles. The highest BCUT2D eigenvalue weighted by molar-refractivity contribution is 6.46. The number of ketones is 1. The van der Waals surface area contributed by atoms with Crippen molar-refractivity contribution in [3.63, 3.8) is 0 Å². The molecule has 0 aromatic heterocycles. The molecule has 34 heavy (non-hydrogen) atoms. The zero-order valence-electron chi connectivity index (χ0n) is 20.9. The van der Waals surface area contributed by atoms with Crippen LogP contribution in [0, 0.1) is 5.92 Å². The van der Waals surface area contributed by atoms with Gasteiger partial charge in [0.2, 0.25) is 0 Å². The number of benzene rings is 2. The van der Waals surface area contributed by atoms with Gasteiger partial charge in [0.25, 0.3) is 11.7 Å². The van der Waals surface area contributed by atoms with Gasteiger partial charge < -0.3 is 19.6 Å². The minimum atomic E-state index is -0.646. The van der Waals surface area contributed by atoms with Crippen molar-refractivity contribution >= 4 is 17.4 Å². The highest BCUT2D eigenvalue weighted by Crippen LogP contribution is 2.39. The molecule has 1 N–H and O–H groups in total. The number of hydrogen-bond donors (Lipinski definition) is 1. The van der Waals surface area contributed by atoms with Crippen molar-refractivity contribution in [2.75, 3.05) is 33.8 Å². The molecule has 6 nitrogen and oxygen atoms in total. The summed E-state index contributed by atoms with van der Waals surface area (Å²) in [4.78, 5) is 29.8. The van der Waals surface area contributed by atoms with Crippen LogP contribution in [0.1, 0.15) is 49.9 Å². The molecule has 0 bridgehead atoms. The first-order valence-electron chi connectivity index (χ1n) is 12.0. The van der Waals surface area contributed by atoms with Gasteiger partial charge in [-0.05, 0) is 74.8 Å². The predicted molar refractivity (Wildman–Crippen MR) is 135 cm³/mol. The maximum atomic E-state index is 13.1. The summed E-state index contributed by atoms with van der Waals surface area (Å²) in [6.07, 6.45) is 1.63. The topological polar surface area (TPSA) is 70.1 Å². The summed E-state index contributed by atoms with van der Waals surface area (Å²) in [7, 11) is 3.95. The molecule has 1 saturated heterocycles. The number of carbonyl (C=O) groups is 2. The van der Waals surface area contributed by atoms with Crippen molar-refractivity contribution in [2.24, 2.45) is 5.92 Å². The third kappa shape index (κ3) is 5.86. The highest BCUT2D eigenvalue weighted by Gasteiger charge is 2.45. The van der Waals surface area contributed by atoms with Crippen LogP contribution in [0.25, 0.3) is 5.76 Å². The molecule has 1 fully saturated rings. The van der Waals surface area contributed by atoms with E-state index in [0.717, 1.165) is 24.9 Å². The minimum absolute atomic E-state index is 0.134. The molecule has 1 unspecified atom stereocenters. The number of ether oxygens (including phenoxy) is 1. The van der Waals surface area contributed by atoms with E-state index < -0.39 is 17.7 Å². The predicted octanol–water partition coefficient (Wildman–Crippen LogP) is 4.66. The van der Waals surface area contributed by atoms with Crippen LogP contribution in [0.2, 0.25) is 0 Å². The van der Waals surface area contributed by atoms with Crippen LogP contribution >= 0.6 is 0 Å². The molecule has 0 spiro atoms. The quantitative estimate of drug-likeness (QED) is 0.315. The summed E-state index contributed by atoms with van der Waals surface area (Å²) in [5.41, 5.74) is 2.61. The van der Waals surface area contributed by atoms with Crippen LogP contribution in [-0.2, 0) is 16.0 Å². The van der Waals surface area contributed by atoms with Crippen molar-refractivity contribution in [3.05, 3.63) is 70.8 Å². The second kappa shape index (κ2) is 11.3. The van der Waals surface area contributed by atoms with Crippen molar-refractivity contribution in [2.45, 2.75) is 39.7 Å². The lowest BCUT2D eigenvalue weighted by Crippen LogP contribution is -2.32. The van der Waals surface area contributed by atoms with Crippen LogP contribution in [0.4, 0.5) is 0 Å². The number of aliphatic hydroxyl groups is 1. The standard InChI is InChI=1S/C28H36N2O4/c1-6-20-8-10-21(11-9-20)25-24(27(32)28(33)30(25)17-7-16-29(4)5)26(31)22-12-14-23(15-13-22)34-18-19(2)3/h8-15,19,25,31H,6-7,16-18H2,1-5H3. The van der Waals surface area contributed by atoms with E-state index in [1.807, 2.05) is 43.3 Å². The molecule has 1 atom stereocenters. The van der Waals surface area contributed by atoms with Crippen molar-refractivity contribution in [1.82, 2.24) is 9.80 Å². The molecule has 2 aromatic carbocycles. The molecule has 2 aromatic rings. The Bertz CT molecular complexity index is 1020. The summed E-state index contributed by atoms with van der Waals surface area (Å²) >= 11 is 0. The van der Waals surface area contributed by atoms with Crippen LogP contribution in [-0.4, -0.2) is 60.4 Å². The zero-order valence-corrected chi connectivity index (χ0v) is 20.9. The van der Waals surface area contributed by atoms with Crippen molar-refractivity contribution < 1.29 is 19.4 Å². The average Bonchev–Trinajstić information content (AvgIpc) is 3.07. The summed E-state index contributed by atoms with van der Waals surface area (Å²) in [5, 5.41) is 11.2. The summed E-state index contributed by atoms with van der Waals surface area (Å²) in [6, 6.07) is 14.3. The number of aliphatic hydroxyl groups excluding tert-OH is 1. The van der Waals surface area contributed by atoms with Crippen molar-refractivity contribution in [3.8, 4) is 5.75 Å². The molecule has 182 valence electrons. The number of hydrogen-bond acceptors (Lipinski definition) is 5. The molecule has 6 heteroatoms. The Morgan fingerprint density at radius 1 is 1.06 bits per heavy atom. The number of amides is 1. The molecule has 0 aliphatic carbocycles. The van der Waals surface area contributed by atoms with Gasteiger partial charge in [-0.25, -0.2) is 0 Å². The SMILES string of the molecule is CCc1ccc(C2C(=C(O)c3ccc(OCC(C)C)cc3)C(=O)C(=O)N2CCCN(C)C)cc1. The molecule has 1 aliphatic heterocycles. The van der Waals surface area contributed by atoms with E-state index in [1.165, 1.54) is 5.56 Å². The summed E-state index contributed by atoms with van der Waals surface area (Å²) < 4.78 is 5.73. The third-order valence-electron chi connectivity index (χ3n) is 5.96. The Kier molecular flexibility index (Phi) is 8.51. The van der Waals surface area contributed by atoms with Gasteiger partial charge in [0.05, 0.1) is 18.2 Å².